The Bertz CT molecular complexity index is 343. The summed E-state index contributed by atoms with van der Waals surface area (Å²) in [7, 11) is 0. The highest BCUT2D eigenvalue weighted by molar-refractivity contribution is 9.09. The van der Waals surface area contributed by atoms with Crippen LogP contribution in [0.15, 0.2) is 12.4 Å². The molecule has 0 bridgehead atoms. The van der Waals surface area contributed by atoms with Gasteiger partial charge in [0.1, 0.15) is 12.4 Å². The average molecular weight is 298 g/mol. The van der Waals surface area contributed by atoms with Crippen LogP contribution in [0.1, 0.15) is 5.69 Å². The molecule has 1 rings (SSSR count). The van der Waals surface area contributed by atoms with Crippen LogP contribution >= 0.6 is 15.9 Å². The van der Waals surface area contributed by atoms with Gasteiger partial charge >= 0.3 is 6.18 Å². The first-order valence-electron chi connectivity index (χ1n) is 4.59. The number of hydrogen-bond donors (Lipinski definition) is 0. The number of rotatable bonds is 4. The van der Waals surface area contributed by atoms with Gasteiger partial charge in [-0.2, -0.15) is 13.2 Å². The predicted molar refractivity (Wildman–Crippen MR) is 58.8 cm³/mol. The van der Waals surface area contributed by atoms with E-state index in [9.17, 15) is 13.2 Å². The van der Waals surface area contributed by atoms with Gasteiger partial charge in [0.05, 0.1) is 5.69 Å². The van der Waals surface area contributed by atoms with Crippen LogP contribution in [0, 0.1) is 6.92 Å². The molecule has 0 saturated carbocycles. The molecule has 1 aromatic rings. The summed E-state index contributed by atoms with van der Waals surface area (Å²) < 4.78 is 37.0. The molecule has 0 aliphatic carbocycles. The first-order chi connectivity index (χ1) is 7.44. The van der Waals surface area contributed by atoms with Crippen LogP contribution < -0.4 is 4.90 Å². The second-order valence-corrected chi connectivity index (χ2v) is 3.98. The Kier molecular flexibility index (Phi) is 4.52. The van der Waals surface area contributed by atoms with E-state index in [4.69, 9.17) is 0 Å². The molecule has 3 nitrogen and oxygen atoms in total. The highest BCUT2D eigenvalue weighted by atomic mass is 79.9. The van der Waals surface area contributed by atoms with Gasteiger partial charge < -0.3 is 4.90 Å². The van der Waals surface area contributed by atoms with Crippen molar-refractivity contribution in [3.63, 3.8) is 0 Å². The lowest BCUT2D eigenvalue weighted by Crippen LogP contribution is -2.36. The van der Waals surface area contributed by atoms with Crippen LogP contribution in [0.3, 0.4) is 0 Å². The van der Waals surface area contributed by atoms with Gasteiger partial charge in [-0.25, -0.2) is 4.98 Å². The molecule has 0 aromatic carbocycles. The van der Waals surface area contributed by atoms with Crippen LogP contribution in [0.5, 0.6) is 0 Å². The molecule has 7 heteroatoms. The summed E-state index contributed by atoms with van der Waals surface area (Å²) >= 11 is 3.12. The Balaban J connectivity index is 2.89. The summed E-state index contributed by atoms with van der Waals surface area (Å²) in [5.74, 6) is 0.277. The molecule has 0 aliphatic heterocycles. The topological polar surface area (TPSA) is 29.0 Å². The van der Waals surface area contributed by atoms with Crippen LogP contribution in [-0.2, 0) is 0 Å². The molecule has 0 saturated heterocycles. The van der Waals surface area contributed by atoms with Crippen molar-refractivity contribution in [2.45, 2.75) is 13.1 Å². The lowest BCUT2D eigenvalue weighted by molar-refractivity contribution is -0.119. The van der Waals surface area contributed by atoms with Crippen molar-refractivity contribution in [3.05, 3.63) is 18.1 Å². The summed E-state index contributed by atoms with van der Waals surface area (Å²) in [5, 5.41) is 0.444. The van der Waals surface area contributed by atoms with Crippen LogP contribution in [0.4, 0.5) is 19.0 Å². The van der Waals surface area contributed by atoms with Crippen molar-refractivity contribution in [1.82, 2.24) is 9.97 Å². The van der Waals surface area contributed by atoms with Gasteiger partial charge in [-0.1, -0.05) is 15.9 Å². The second-order valence-electron chi connectivity index (χ2n) is 3.19. The normalized spacial score (nSPS) is 11.6. The molecule has 0 radical (unpaired) electrons. The Labute approximate surface area is 99.8 Å². The van der Waals surface area contributed by atoms with Crippen LogP contribution in [0.2, 0.25) is 0 Å². The molecule has 16 heavy (non-hydrogen) atoms. The molecule has 0 N–H and O–H groups in total. The quantitative estimate of drug-likeness (QED) is 0.800. The van der Waals surface area contributed by atoms with Crippen molar-refractivity contribution in [2.24, 2.45) is 0 Å². The van der Waals surface area contributed by atoms with Gasteiger partial charge in [0, 0.05) is 24.3 Å². The highest BCUT2D eigenvalue weighted by Crippen LogP contribution is 2.21. The van der Waals surface area contributed by atoms with Gasteiger partial charge in [-0.3, -0.25) is 4.98 Å². The lowest BCUT2D eigenvalue weighted by atomic mass is 10.4. The van der Waals surface area contributed by atoms with Crippen LogP contribution in [0.25, 0.3) is 0 Å². The van der Waals surface area contributed by atoms with Crippen LogP contribution in [-0.4, -0.2) is 34.6 Å². The molecule has 0 unspecified atom stereocenters. The maximum absolute atomic E-state index is 12.3. The highest BCUT2D eigenvalue weighted by Gasteiger charge is 2.31. The maximum Gasteiger partial charge on any atom is 0.405 e. The van der Waals surface area contributed by atoms with E-state index in [0.29, 0.717) is 11.0 Å². The molecule has 0 spiro atoms. The zero-order valence-electron chi connectivity index (χ0n) is 8.63. The van der Waals surface area contributed by atoms with E-state index >= 15 is 0 Å². The average Bonchev–Trinajstić information content (AvgIpc) is 2.16. The summed E-state index contributed by atoms with van der Waals surface area (Å²) in [5.41, 5.74) is 0.493. The second kappa shape index (κ2) is 5.47. The third kappa shape index (κ3) is 3.96. The van der Waals surface area contributed by atoms with E-state index in [0.717, 1.165) is 4.90 Å². The number of alkyl halides is 4. The Hall–Kier alpha value is -0.850. The van der Waals surface area contributed by atoms with Gasteiger partial charge in [0.15, 0.2) is 0 Å². The predicted octanol–water partition coefficient (Wildman–Crippen LogP) is 2.55. The van der Waals surface area contributed by atoms with E-state index in [-0.39, 0.29) is 12.4 Å². The number of hydrogen-bond acceptors (Lipinski definition) is 3. The fourth-order valence-corrected chi connectivity index (χ4v) is 1.72. The monoisotopic (exact) mass is 297 g/mol. The van der Waals surface area contributed by atoms with Crippen molar-refractivity contribution in [1.29, 1.82) is 0 Å². The zero-order valence-corrected chi connectivity index (χ0v) is 10.2. The van der Waals surface area contributed by atoms with Crippen molar-refractivity contribution in [3.8, 4) is 0 Å². The third-order valence-corrected chi connectivity index (χ3v) is 2.23. The third-order valence-electron chi connectivity index (χ3n) is 1.88. The first-order valence-corrected chi connectivity index (χ1v) is 5.71. The van der Waals surface area contributed by atoms with Crippen molar-refractivity contribution < 1.29 is 13.2 Å². The Morgan fingerprint density at radius 3 is 2.44 bits per heavy atom. The van der Waals surface area contributed by atoms with Gasteiger partial charge in [0.2, 0.25) is 0 Å². The fourth-order valence-electron chi connectivity index (χ4n) is 1.29. The summed E-state index contributed by atoms with van der Waals surface area (Å²) in [6, 6.07) is 0. The SMILES string of the molecule is Cc1nccnc1N(CCBr)CC(F)(F)F. The largest absolute Gasteiger partial charge is 0.405 e. The standard InChI is InChI=1S/C9H11BrF3N3/c1-7-8(15-4-3-14-7)16(5-2-10)6-9(11,12)13/h3-4H,2,5-6H2,1H3. The van der Waals surface area contributed by atoms with Gasteiger partial charge in [0.25, 0.3) is 0 Å². The molecule has 0 fully saturated rings. The Morgan fingerprint density at radius 2 is 1.94 bits per heavy atom. The lowest BCUT2D eigenvalue weighted by Gasteiger charge is -2.24. The van der Waals surface area contributed by atoms with E-state index in [1.165, 1.54) is 12.4 Å². The first kappa shape index (κ1) is 13.2. The molecule has 1 heterocycles. The Morgan fingerprint density at radius 1 is 1.31 bits per heavy atom. The minimum absolute atomic E-state index is 0.235. The van der Waals surface area contributed by atoms with E-state index in [2.05, 4.69) is 25.9 Å². The molecule has 0 aliphatic rings. The van der Waals surface area contributed by atoms with Gasteiger partial charge in [-0.05, 0) is 6.92 Å². The maximum atomic E-state index is 12.3. The molecule has 90 valence electrons. The number of nitrogens with zero attached hydrogens (tertiary/aromatic N) is 3. The minimum Gasteiger partial charge on any atom is -0.345 e. The van der Waals surface area contributed by atoms with Crippen molar-refractivity contribution in [2.75, 3.05) is 23.3 Å². The zero-order chi connectivity index (χ0) is 12.2. The number of halogens is 4. The molecule has 1 aromatic heterocycles. The summed E-state index contributed by atoms with van der Waals surface area (Å²) in [6.07, 6.45) is -1.40. The van der Waals surface area contributed by atoms with E-state index in [1.807, 2.05) is 0 Å². The van der Waals surface area contributed by atoms with E-state index < -0.39 is 12.7 Å². The molecule has 0 amide bonds. The van der Waals surface area contributed by atoms with Gasteiger partial charge in [-0.15, -0.1) is 0 Å². The number of anilines is 1. The summed E-state index contributed by atoms with van der Waals surface area (Å²) in [4.78, 5) is 9.01. The molecular formula is C9H11BrF3N3. The van der Waals surface area contributed by atoms with Crippen molar-refractivity contribution >= 4 is 21.7 Å². The number of aromatic nitrogens is 2. The fraction of sp³-hybridized carbons (Fsp3) is 0.556. The number of aryl methyl sites for hydroxylation is 1. The van der Waals surface area contributed by atoms with E-state index in [1.54, 1.807) is 6.92 Å². The molecular weight excluding hydrogens is 287 g/mol. The smallest absolute Gasteiger partial charge is 0.345 e. The summed E-state index contributed by atoms with van der Waals surface area (Å²) in [6.45, 7) is 0.858. The minimum atomic E-state index is -4.24. The molecule has 0 atom stereocenters.